The molecule has 4 aromatic rings. The number of benzene rings is 2. The van der Waals surface area contributed by atoms with Gasteiger partial charge in [-0.1, -0.05) is 0 Å². The number of nitrogens with two attached hydrogens (primary N) is 1. The molecule has 222 valence electrons. The molecule has 12 heteroatoms. The smallest absolute Gasteiger partial charge is 0.316 e. The monoisotopic (exact) mass is 587 g/mol. The lowest BCUT2D eigenvalue weighted by Crippen LogP contribution is -2.44. The van der Waals surface area contributed by atoms with Gasteiger partial charge in [0.15, 0.2) is 0 Å². The largest absolute Gasteiger partial charge is 0.494 e. The number of methoxy groups -OCH3 is 2. The second-order valence-electron chi connectivity index (χ2n) is 11.1. The normalized spacial score (nSPS) is 18.8. The molecule has 0 saturated heterocycles. The van der Waals surface area contributed by atoms with Gasteiger partial charge in [0.05, 0.1) is 26.5 Å². The first-order chi connectivity index (χ1) is 20.6. The van der Waals surface area contributed by atoms with Crippen LogP contribution in [0.25, 0.3) is 22.2 Å². The highest BCUT2D eigenvalue weighted by Crippen LogP contribution is 2.50. The van der Waals surface area contributed by atoms with Crippen molar-refractivity contribution < 1.29 is 33.3 Å². The number of ether oxygens (including phenoxy) is 3. The molecule has 11 nitrogen and oxygen atoms in total. The van der Waals surface area contributed by atoms with E-state index in [0.29, 0.717) is 52.1 Å². The lowest BCUT2D eigenvalue weighted by Gasteiger charge is -2.30. The van der Waals surface area contributed by atoms with Crippen LogP contribution in [0, 0.1) is 11.7 Å². The van der Waals surface area contributed by atoms with Crippen LogP contribution in [0.5, 0.6) is 17.5 Å². The second kappa shape index (κ2) is 10.5. The van der Waals surface area contributed by atoms with E-state index in [9.17, 15) is 19.1 Å². The summed E-state index contributed by atoms with van der Waals surface area (Å²) in [6, 6.07) is 10.7. The van der Waals surface area contributed by atoms with Crippen LogP contribution in [0.15, 0.2) is 48.7 Å². The zero-order chi connectivity index (χ0) is 30.5. The summed E-state index contributed by atoms with van der Waals surface area (Å²) in [6.07, 6.45) is 2.96. The highest BCUT2D eigenvalue weighted by atomic mass is 19.1. The SMILES string of the molecule is COc1ncc2cc(C(=O)NC[C@](O)(c3cc4c(c(-c5ccc(F)cc5)n3)OC[C@]4(C)C(N)=O)C3CC3)cc(OC)c2n1. The maximum atomic E-state index is 13.8. The fourth-order valence-electron chi connectivity index (χ4n) is 5.42. The first kappa shape index (κ1) is 28.3. The number of hydrogen-bond donors (Lipinski definition) is 3. The number of aromatic nitrogens is 3. The molecule has 4 N–H and O–H groups in total. The Morgan fingerprint density at radius 2 is 1.91 bits per heavy atom. The van der Waals surface area contributed by atoms with Crippen LogP contribution in [-0.2, 0) is 15.8 Å². The van der Waals surface area contributed by atoms with Gasteiger partial charge in [-0.3, -0.25) is 9.59 Å². The van der Waals surface area contributed by atoms with E-state index in [0.717, 1.165) is 0 Å². The van der Waals surface area contributed by atoms with Crippen molar-refractivity contribution in [3.63, 3.8) is 0 Å². The van der Waals surface area contributed by atoms with E-state index in [-0.39, 0.29) is 36.3 Å². The Balaban J connectivity index is 1.38. The van der Waals surface area contributed by atoms with Gasteiger partial charge < -0.3 is 30.4 Å². The van der Waals surface area contributed by atoms with Crippen molar-refractivity contribution in [3.05, 3.63) is 71.3 Å². The topological polar surface area (TPSA) is 159 Å². The third-order valence-electron chi connectivity index (χ3n) is 8.24. The molecule has 2 aromatic carbocycles. The van der Waals surface area contributed by atoms with Crippen LogP contribution < -0.4 is 25.3 Å². The molecule has 2 aliphatic rings. The number of amides is 2. The first-order valence-electron chi connectivity index (χ1n) is 13.7. The number of aliphatic hydroxyl groups is 1. The van der Waals surface area contributed by atoms with Gasteiger partial charge in [-0.25, -0.2) is 14.4 Å². The van der Waals surface area contributed by atoms with Crippen LogP contribution >= 0.6 is 0 Å². The Morgan fingerprint density at radius 3 is 2.56 bits per heavy atom. The number of primary amides is 1. The van der Waals surface area contributed by atoms with Gasteiger partial charge in [0.25, 0.3) is 5.91 Å². The quantitative estimate of drug-likeness (QED) is 0.268. The van der Waals surface area contributed by atoms with Crippen LogP contribution in [0.3, 0.4) is 0 Å². The molecule has 3 heterocycles. The third kappa shape index (κ3) is 4.87. The Morgan fingerprint density at radius 1 is 1.16 bits per heavy atom. The van der Waals surface area contributed by atoms with Gasteiger partial charge in [0, 0.05) is 28.3 Å². The number of nitrogens with zero attached hydrogens (tertiary/aromatic N) is 3. The van der Waals surface area contributed by atoms with E-state index in [2.05, 4.69) is 15.3 Å². The fraction of sp³-hybridized carbons (Fsp3) is 0.323. The van der Waals surface area contributed by atoms with Crippen LogP contribution in [0.1, 0.15) is 41.4 Å². The fourth-order valence-corrected chi connectivity index (χ4v) is 5.42. The number of fused-ring (bicyclic) bond motifs is 2. The Labute approximate surface area is 246 Å². The summed E-state index contributed by atoms with van der Waals surface area (Å²) >= 11 is 0. The van der Waals surface area contributed by atoms with Gasteiger partial charge in [0.2, 0.25) is 5.91 Å². The molecule has 2 atom stereocenters. The standard InChI is InChI=1S/C31H30FN5O6/c1-30(28(33)39)15-43-26-21(30)12-23(36-25(26)16-4-8-20(32)9-5-16)31(40,19-6-7-19)14-35-27(38)17-10-18-13-34-29(42-3)37-24(18)22(11-17)41-2/h4-5,8-13,19,40H,6-7,14-15H2,1-3H3,(H2,33,39)(H,35,38)/t30-,31+/m0/s1. The van der Waals surface area contributed by atoms with Crippen molar-refractivity contribution in [1.82, 2.24) is 20.3 Å². The molecule has 0 radical (unpaired) electrons. The Hall–Kier alpha value is -4.84. The van der Waals surface area contributed by atoms with Crippen LogP contribution in [0.4, 0.5) is 4.39 Å². The van der Waals surface area contributed by atoms with Gasteiger partial charge >= 0.3 is 6.01 Å². The molecule has 1 saturated carbocycles. The maximum Gasteiger partial charge on any atom is 0.316 e. The van der Waals surface area contributed by atoms with Gasteiger partial charge in [0.1, 0.15) is 46.1 Å². The molecule has 6 rings (SSSR count). The maximum absolute atomic E-state index is 13.8. The summed E-state index contributed by atoms with van der Waals surface area (Å²) in [6.45, 7) is 1.50. The number of hydrogen-bond acceptors (Lipinski definition) is 9. The molecule has 1 aliphatic heterocycles. The molecule has 0 unspecified atom stereocenters. The van der Waals surface area contributed by atoms with Crippen molar-refractivity contribution in [2.24, 2.45) is 11.7 Å². The number of carbonyl (C=O) groups is 2. The minimum Gasteiger partial charge on any atom is -0.494 e. The average molecular weight is 588 g/mol. The number of rotatable bonds is 9. The average Bonchev–Trinajstić information content (AvgIpc) is 3.82. The van der Waals surface area contributed by atoms with E-state index < -0.39 is 28.6 Å². The molecule has 2 amide bonds. The molecular formula is C31H30FN5O6. The zero-order valence-electron chi connectivity index (χ0n) is 23.8. The first-order valence-corrected chi connectivity index (χ1v) is 13.7. The lowest BCUT2D eigenvalue weighted by atomic mass is 9.81. The summed E-state index contributed by atoms with van der Waals surface area (Å²) in [5.41, 5.74) is 5.40. The summed E-state index contributed by atoms with van der Waals surface area (Å²) in [5, 5.41) is 15.6. The Bertz CT molecular complexity index is 1760. The van der Waals surface area contributed by atoms with E-state index in [1.165, 1.54) is 32.5 Å². The molecule has 0 spiro atoms. The van der Waals surface area contributed by atoms with Crippen molar-refractivity contribution in [2.45, 2.75) is 30.8 Å². The minimum atomic E-state index is -1.59. The van der Waals surface area contributed by atoms with Crippen molar-refractivity contribution in [3.8, 4) is 28.8 Å². The van der Waals surface area contributed by atoms with E-state index >= 15 is 0 Å². The molecule has 2 aromatic heterocycles. The molecule has 43 heavy (non-hydrogen) atoms. The summed E-state index contributed by atoms with van der Waals surface area (Å²) < 4.78 is 30.2. The number of nitrogens with one attached hydrogen (secondary N) is 1. The number of carbonyl (C=O) groups excluding carboxylic acids is 2. The molecular weight excluding hydrogens is 557 g/mol. The lowest BCUT2D eigenvalue weighted by molar-refractivity contribution is -0.123. The minimum absolute atomic E-state index is 0.00499. The van der Waals surface area contributed by atoms with E-state index in [1.807, 2.05) is 0 Å². The highest BCUT2D eigenvalue weighted by molar-refractivity contribution is 6.00. The summed E-state index contributed by atoms with van der Waals surface area (Å²) in [5.74, 6) is -0.971. The Kier molecular flexibility index (Phi) is 6.88. The van der Waals surface area contributed by atoms with Gasteiger partial charge in [-0.05, 0) is 68.1 Å². The second-order valence-corrected chi connectivity index (χ2v) is 11.1. The number of halogens is 1. The van der Waals surface area contributed by atoms with Crippen LogP contribution in [-0.4, -0.2) is 59.2 Å². The summed E-state index contributed by atoms with van der Waals surface area (Å²) in [7, 11) is 2.93. The molecule has 0 bridgehead atoms. The number of pyridine rings is 1. The van der Waals surface area contributed by atoms with Crippen LogP contribution in [0.2, 0.25) is 0 Å². The zero-order valence-corrected chi connectivity index (χ0v) is 23.8. The van der Waals surface area contributed by atoms with E-state index in [4.69, 9.17) is 24.9 Å². The summed E-state index contributed by atoms with van der Waals surface area (Å²) in [4.78, 5) is 39.2. The van der Waals surface area contributed by atoms with E-state index in [1.54, 1.807) is 37.3 Å². The van der Waals surface area contributed by atoms with Crippen molar-refractivity contribution in [1.29, 1.82) is 0 Å². The predicted octanol–water partition coefficient (Wildman–Crippen LogP) is 3.01. The van der Waals surface area contributed by atoms with Gasteiger partial charge in [-0.15, -0.1) is 0 Å². The highest BCUT2D eigenvalue weighted by Gasteiger charge is 2.50. The molecule has 1 fully saturated rings. The third-order valence-corrected chi connectivity index (χ3v) is 8.24. The van der Waals surface area contributed by atoms with Crippen molar-refractivity contribution >= 4 is 22.7 Å². The molecule has 1 aliphatic carbocycles. The van der Waals surface area contributed by atoms with Gasteiger partial charge in [-0.2, -0.15) is 4.98 Å². The van der Waals surface area contributed by atoms with Crippen molar-refractivity contribution in [2.75, 3.05) is 27.4 Å². The predicted molar refractivity (Wildman–Crippen MR) is 153 cm³/mol.